The van der Waals surface area contributed by atoms with Gasteiger partial charge in [0.1, 0.15) is 29.2 Å². The Hall–Kier alpha value is -12.9. The van der Waals surface area contributed by atoms with Crippen molar-refractivity contribution in [1.82, 2.24) is 33.1 Å². The normalized spacial score (nSPS) is 24.2. The number of rotatable bonds is 15. The molecule has 10 bridgehead atoms. The van der Waals surface area contributed by atoms with E-state index in [0.29, 0.717) is 40.2 Å². The standard InChI is InChI=1S/C45H42N4O.C41H35N4O.C37H27N4O.3Pt/c1-44(2,3)29-18-19-46-41(24-29)48-38-15-11-10-14-35(38)36-17-16-33(26-39(36)48)50-34-23-30(45(4,5)6)22-31(25-34)47-27-49(32-12-8-7-9-13-32)40-21-28-20-37(40)42(47)43(28)49;1-41(2,3)29-20-21-42-38(23-29)45-36-15-8-7-14-34(36)35-19-18-33(25-37(35)45)46-32-13-9-12-31(24-32)44-26-43(30-10-5-4-6-11-30)39-27-16-17-28(22-27)40(39)44;1-2-9-27(10-3-1)39-24-40(37-26-17-16-25(21-26)36(37)39)28-11-8-12-29(22-28)42-30-18-19-32-31-13-4-5-14-33(31)41(34(32)23-30)35-15-6-7-20-38-35;;;/h7-19,21-24,27-28,37,42-43H,20H2,1-6H3;4-21,23,26-28,39-40H,22H2,1-3H3;1-20,24-26,36-37H,21H2;;;/q-2;2*-3;;;/t28?,37-,42-,43?,49?;27?,28-,39?,40+;25?,26-,36?,37+;;;/m011.../s1/i7D,8D,9D,12D,13D;4D,5D,6D,10D,11D;1D,2D,3D,9D,10D;;;. The van der Waals surface area contributed by atoms with Crippen LogP contribution in [0.1, 0.15) is 119 Å². The number of aromatic nitrogens is 6. The molecule has 13 atom stereocenters. The molecule has 141 heavy (non-hydrogen) atoms. The number of hydrogen-bond acceptors (Lipinski definition) is 11. The fourth-order valence-corrected chi connectivity index (χ4v) is 23.8. The molecule has 18 aromatic rings. The van der Waals surface area contributed by atoms with Gasteiger partial charge in [0.25, 0.3) is 0 Å². The largest absolute Gasteiger partial charge is 0.519 e. The van der Waals surface area contributed by atoms with E-state index in [2.05, 4.69) is 260 Å². The van der Waals surface area contributed by atoms with Crippen molar-refractivity contribution in [2.45, 2.75) is 134 Å². The molecule has 0 amide bonds. The molecule has 15 nitrogen and oxygen atoms in total. The number of quaternary nitrogens is 1. The van der Waals surface area contributed by atoms with E-state index in [1.165, 1.54) is 11.1 Å². The molecule has 0 spiro atoms. The molecular weight excluding hydrogens is 2280 g/mol. The molecule has 7 fully saturated rings. The van der Waals surface area contributed by atoms with Gasteiger partial charge in [0.15, 0.2) is 0 Å². The van der Waals surface area contributed by atoms with Crippen LogP contribution in [0.5, 0.6) is 34.5 Å². The van der Waals surface area contributed by atoms with E-state index in [1.54, 1.807) is 6.20 Å². The second-order valence-corrected chi connectivity index (χ2v) is 40.8. The van der Waals surface area contributed by atoms with Crippen LogP contribution in [0.15, 0.2) is 345 Å². The summed E-state index contributed by atoms with van der Waals surface area (Å²) in [5.74, 6) is 7.09. The molecule has 0 radical (unpaired) electrons. The van der Waals surface area contributed by atoms with E-state index in [1.807, 2.05) is 145 Å². The van der Waals surface area contributed by atoms with Crippen molar-refractivity contribution in [2.75, 3.05) is 24.5 Å². The maximum Gasteiger partial charge on any atom is 0.135 e. The van der Waals surface area contributed by atoms with Gasteiger partial charge in [-0.3, -0.25) is 0 Å². The summed E-state index contributed by atoms with van der Waals surface area (Å²) in [5.41, 5.74) is 13.2. The minimum atomic E-state index is -0.391. The predicted octanol–water partition coefficient (Wildman–Crippen LogP) is 27.6. The van der Waals surface area contributed by atoms with Gasteiger partial charge in [0, 0.05) is 174 Å². The maximum absolute atomic E-state index is 8.99. The Labute approximate surface area is 888 Å². The van der Waals surface area contributed by atoms with Gasteiger partial charge >= 0.3 is 0 Å². The van der Waals surface area contributed by atoms with Gasteiger partial charge in [-0.05, 0) is 190 Å². The summed E-state index contributed by atoms with van der Waals surface area (Å²) in [5, 5.41) is 6.47. The summed E-state index contributed by atoms with van der Waals surface area (Å²) in [6, 6.07) is 83.9. The van der Waals surface area contributed by atoms with Crippen LogP contribution in [0.2, 0.25) is 0 Å². The zero-order valence-electron chi connectivity index (χ0n) is 93.5. The van der Waals surface area contributed by atoms with Gasteiger partial charge in [-0.25, -0.2) is 15.0 Å². The Balaban J connectivity index is 0.000000126. The molecule has 11 aliphatic rings. The van der Waals surface area contributed by atoms with Gasteiger partial charge in [0.2, 0.25) is 0 Å². The van der Waals surface area contributed by atoms with Crippen LogP contribution >= 0.6 is 0 Å². The molecule has 712 valence electrons. The smallest absolute Gasteiger partial charge is 0.135 e. The number of ether oxygens (including phenoxy) is 3. The first-order chi connectivity index (χ1) is 73.4. The van der Waals surface area contributed by atoms with Gasteiger partial charge in [0.05, 0.1) is 38.2 Å². The molecule has 4 saturated heterocycles. The van der Waals surface area contributed by atoms with Crippen LogP contribution < -0.4 is 43.2 Å². The Bertz CT molecular complexity index is 8890. The Morgan fingerprint density at radius 3 is 1.19 bits per heavy atom. The van der Waals surface area contributed by atoms with E-state index >= 15 is 0 Å². The molecule has 6 aliphatic carbocycles. The number of piperidine rings is 1. The molecule has 18 heteroatoms. The third-order valence-corrected chi connectivity index (χ3v) is 29.8. The monoisotopic (exact) mass is 2400 g/mol. The number of anilines is 5. The summed E-state index contributed by atoms with van der Waals surface area (Å²) >= 11 is 0. The first kappa shape index (κ1) is 75.9. The van der Waals surface area contributed by atoms with E-state index in [0.717, 1.165) is 130 Å². The zero-order chi connectivity index (χ0) is 106. The molecule has 3 saturated carbocycles. The fourth-order valence-electron chi connectivity index (χ4n) is 23.8. The van der Waals surface area contributed by atoms with Crippen LogP contribution in [-0.2, 0) is 79.4 Å². The predicted molar refractivity (Wildman–Crippen MR) is 555 cm³/mol. The first-order valence-electron chi connectivity index (χ1n) is 55.0. The number of hydrogen-bond donors (Lipinski definition) is 0. The average molecular weight is 2400 g/mol. The first-order valence-corrected chi connectivity index (χ1v) is 47.5. The van der Waals surface area contributed by atoms with Crippen molar-refractivity contribution in [3.05, 3.63) is 419 Å². The van der Waals surface area contributed by atoms with Gasteiger partial charge in [-0.1, -0.05) is 218 Å². The molecule has 29 rings (SSSR count). The number of fused-ring (bicyclic) bond motifs is 19. The van der Waals surface area contributed by atoms with E-state index in [-0.39, 0.29) is 246 Å². The van der Waals surface area contributed by atoms with Crippen molar-refractivity contribution >= 4 is 99.5 Å². The van der Waals surface area contributed by atoms with E-state index in [9.17, 15) is 0 Å². The van der Waals surface area contributed by atoms with Crippen LogP contribution in [-0.4, -0.2) is 64.9 Å². The zero-order valence-corrected chi connectivity index (χ0v) is 85.3. The topological polar surface area (TPSA) is 97.4 Å². The number of benzene rings is 12. The third-order valence-electron chi connectivity index (χ3n) is 29.8. The second kappa shape index (κ2) is 35.7. The summed E-state index contributed by atoms with van der Waals surface area (Å²) in [6.07, 6.45) is 19.6. The second-order valence-electron chi connectivity index (χ2n) is 40.8. The van der Waals surface area contributed by atoms with Crippen LogP contribution in [0.3, 0.4) is 0 Å². The Morgan fingerprint density at radius 2 is 0.745 bits per heavy atom. The Morgan fingerprint density at radius 1 is 0.340 bits per heavy atom. The molecule has 12 aromatic carbocycles. The number of nitrogens with zero attached hydrogens (tertiary/aromatic N) is 12. The molecule has 5 aliphatic heterocycles. The van der Waals surface area contributed by atoms with Gasteiger partial charge in [-0.15, -0.1) is 118 Å². The Kier molecular flexibility index (Phi) is 19.2. The number of para-hydroxylation sites is 6. The van der Waals surface area contributed by atoms with Crippen molar-refractivity contribution in [3.8, 4) is 52.0 Å². The minimum Gasteiger partial charge on any atom is -0.519 e. The number of pyridine rings is 3. The molecule has 11 heterocycles. The third kappa shape index (κ3) is 15.5. The summed E-state index contributed by atoms with van der Waals surface area (Å²) < 4.78 is 154. The molecular formula is C123H104N12O3Pt3-8. The van der Waals surface area contributed by atoms with Crippen molar-refractivity contribution < 1.29 is 98.0 Å². The minimum absolute atomic E-state index is 0. The maximum atomic E-state index is 8.99. The fraction of sp³-hybridized carbons (Fsp3) is 0.220. The van der Waals surface area contributed by atoms with Gasteiger partial charge in [-0.2, -0.15) is 55.8 Å². The quantitative estimate of drug-likeness (QED) is 0.0558. The molecule has 0 N–H and O–H groups in total. The van der Waals surface area contributed by atoms with Crippen LogP contribution in [0, 0.1) is 91.9 Å². The average Bonchev–Trinajstić information content (AvgIpc) is 1.46. The molecule has 6 aromatic heterocycles. The SMILES string of the molecule is [2H]c1c([2H])c([2H])c(N2[CH-]N(c3[c-]c(Oc4[c-]c5c(cc4)c4ccccc4n5-c4cc(C(C)(C)C)ccn4)ccc3)[C@@H]3C2C2C=C[C@@H]3C2)c([2H])c1[2H].[2H]c1c([2H])c([2H])c(N2[CH-]N(c3[c-]c(Oc4[c-]c5c(cc4)c4ccccc4n5-c4ccccn4)ccc3)[C@@H]3C2C2C=C[C@@H]3C2)c([2H])c1[2H].[2H]c1c([2H])c([2H])c([N+]23[CH-]N(c4[c-]c(Oc5[c-]c6c(cc5)c5ccccc5n6-c5cc(C(C)(C)C)ccn5)cc(C(C)(C)C)c4)[C@@H]4C2C2C=C3[C@@H]4C2)c([2H])c1[2H].[Pt].[Pt].[Pt]. The van der Waals surface area contributed by atoms with Crippen molar-refractivity contribution in [2.24, 2.45) is 35.5 Å². The van der Waals surface area contributed by atoms with Crippen LogP contribution in [0.25, 0.3) is 82.9 Å². The van der Waals surface area contributed by atoms with Crippen molar-refractivity contribution in [3.63, 3.8) is 0 Å². The molecule has 7 unspecified atom stereocenters. The van der Waals surface area contributed by atoms with E-state index < -0.39 is 12.1 Å². The van der Waals surface area contributed by atoms with Crippen LogP contribution in [0.4, 0.5) is 34.1 Å². The van der Waals surface area contributed by atoms with E-state index in [4.69, 9.17) is 44.7 Å². The van der Waals surface area contributed by atoms with Crippen molar-refractivity contribution in [1.29, 1.82) is 0 Å². The summed E-state index contributed by atoms with van der Waals surface area (Å²) in [4.78, 5) is 24.5. The van der Waals surface area contributed by atoms with Gasteiger partial charge < -0.3 is 56.9 Å². The summed E-state index contributed by atoms with van der Waals surface area (Å²) in [7, 11) is 0. The summed E-state index contributed by atoms with van der Waals surface area (Å²) in [6.45, 7) is 25.6.